The standard InChI is InChI=1S/C16H25FN2/c1-12(2)14-5-7-19(8-6-14)11-15-4-3-13(10-18)9-16(15)17/h3-4,9,12,14H,5-8,10-11,18H2,1-2H3. The van der Waals surface area contributed by atoms with Crippen LogP contribution in [0.15, 0.2) is 18.2 Å². The Kier molecular flexibility index (Phi) is 4.94. The van der Waals surface area contributed by atoms with Crippen molar-refractivity contribution in [2.45, 2.75) is 39.8 Å². The van der Waals surface area contributed by atoms with E-state index in [-0.39, 0.29) is 5.82 Å². The highest BCUT2D eigenvalue weighted by Gasteiger charge is 2.22. The zero-order chi connectivity index (χ0) is 13.8. The van der Waals surface area contributed by atoms with Gasteiger partial charge in [0, 0.05) is 18.7 Å². The zero-order valence-electron chi connectivity index (χ0n) is 12.0. The molecule has 19 heavy (non-hydrogen) atoms. The number of hydrogen-bond acceptors (Lipinski definition) is 2. The Balaban J connectivity index is 1.92. The van der Waals surface area contributed by atoms with Crippen LogP contribution in [0.3, 0.4) is 0 Å². The number of rotatable bonds is 4. The van der Waals surface area contributed by atoms with Gasteiger partial charge in [-0.15, -0.1) is 0 Å². The van der Waals surface area contributed by atoms with E-state index in [4.69, 9.17) is 5.73 Å². The molecule has 0 aliphatic carbocycles. The molecule has 0 saturated carbocycles. The molecular formula is C16H25FN2. The van der Waals surface area contributed by atoms with Gasteiger partial charge in [0.25, 0.3) is 0 Å². The molecule has 1 fully saturated rings. The number of hydrogen-bond donors (Lipinski definition) is 1. The van der Waals surface area contributed by atoms with Gasteiger partial charge in [-0.1, -0.05) is 26.0 Å². The molecule has 2 N–H and O–H groups in total. The maximum Gasteiger partial charge on any atom is 0.128 e. The summed E-state index contributed by atoms with van der Waals surface area (Å²) in [4.78, 5) is 2.36. The van der Waals surface area contributed by atoms with Crippen molar-refractivity contribution in [3.8, 4) is 0 Å². The first-order chi connectivity index (χ1) is 9.10. The van der Waals surface area contributed by atoms with Crippen molar-refractivity contribution in [2.75, 3.05) is 13.1 Å². The smallest absolute Gasteiger partial charge is 0.128 e. The Hall–Kier alpha value is -0.930. The number of piperidine rings is 1. The molecule has 1 aromatic rings. The van der Waals surface area contributed by atoms with Gasteiger partial charge in [0.1, 0.15) is 5.82 Å². The van der Waals surface area contributed by atoms with Crippen LogP contribution >= 0.6 is 0 Å². The van der Waals surface area contributed by atoms with Crippen molar-refractivity contribution in [1.29, 1.82) is 0 Å². The molecule has 1 aromatic carbocycles. The predicted molar refractivity (Wildman–Crippen MR) is 77.1 cm³/mol. The topological polar surface area (TPSA) is 29.3 Å². The normalized spacial score (nSPS) is 18.2. The van der Waals surface area contributed by atoms with Crippen molar-refractivity contribution in [3.63, 3.8) is 0 Å². The minimum Gasteiger partial charge on any atom is -0.326 e. The lowest BCUT2D eigenvalue weighted by Crippen LogP contribution is -2.35. The highest BCUT2D eigenvalue weighted by atomic mass is 19.1. The summed E-state index contributed by atoms with van der Waals surface area (Å²) in [6.45, 7) is 7.89. The lowest BCUT2D eigenvalue weighted by molar-refractivity contribution is 0.150. The first-order valence-electron chi connectivity index (χ1n) is 7.30. The molecule has 1 saturated heterocycles. The van der Waals surface area contributed by atoms with Crippen LogP contribution in [0.1, 0.15) is 37.8 Å². The van der Waals surface area contributed by atoms with E-state index in [0.29, 0.717) is 6.54 Å². The molecule has 106 valence electrons. The molecule has 2 nitrogen and oxygen atoms in total. The third kappa shape index (κ3) is 3.77. The first-order valence-corrected chi connectivity index (χ1v) is 7.30. The summed E-state index contributed by atoms with van der Waals surface area (Å²) in [7, 11) is 0. The second kappa shape index (κ2) is 6.49. The average molecular weight is 264 g/mol. The summed E-state index contributed by atoms with van der Waals surface area (Å²) in [5.41, 5.74) is 7.17. The van der Waals surface area contributed by atoms with E-state index in [2.05, 4.69) is 18.7 Å². The molecule has 0 unspecified atom stereocenters. The number of likely N-dealkylation sites (tertiary alicyclic amines) is 1. The highest BCUT2D eigenvalue weighted by Crippen LogP contribution is 2.25. The van der Waals surface area contributed by atoms with Gasteiger partial charge < -0.3 is 5.73 Å². The molecule has 1 heterocycles. The summed E-state index contributed by atoms with van der Waals surface area (Å²) in [6.07, 6.45) is 2.47. The summed E-state index contributed by atoms with van der Waals surface area (Å²) >= 11 is 0. The molecule has 0 atom stereocenters. The van der Waals surface area contributed by atoms with E-state index in [1.807, 2.05) is 12.1 Å². The fourth-order valence-corrected chi connectivity index (χ4v) is 2.86. The highest BCUT2D eigenvalue weighted by molar-refractivity contribution is 5.24. The first kappa shape index (κ1) is 14.5. The number of nitrogens with zero attached hydrogens (tertiary/aromatic N) is 1. The zero-order valence-corrected chi connectivity index (χ0v) is 12.0. The third-order valence-electron chi connectivity index (χ3n) is 4.32. The molecule has 0 amide bonds. The van der Waals surface area contributed by atoms with Crippen LogP contribution in [0.25, 0.3) is 0 Å². The van der Waals surface area contributed by atoms with E-state index < -0.39 is 0 Å². The second-order valence-corrected chi connectivity index (χ2v) is 5.99. The van der Waals surface area contributed by atoms with Crippen molar-refractivity contribution in [1.82, 2.24) is 4.90 Å². The maximum absolute atomic E-state index is 13.9. The predicted octanol–water partition coefficient (Wildman–Crippen LogP) is 3.15. The molecule has 0 bridgehead atoms. The van der Waals surface area contributed by atoms with Crippen molar-refractivity contribution < 1.29 is 4.39 Å². The van der Waals surface area contributed by atoms with Crippen molar-refractivity contribution in [3.05, 3.63) is 35.1 Å². The van der Waals surface area contributed by atoms with Gasteiger partial charge in [-0.3, -0.25) is 4.90 Å². The van der Waals surface area contributed by atoms with Gasteiger partial charge in [0.05, 0.1) is 0 Å². The minimum atomic E-state index is -0.117. The van der Waals surface area contributed by atoms with Crippen molar-refractivity contribution in [2.24, 2.45) is 17.6 Å². The lowest BCUT2D eigenvalue weighted by Gasteiger charge is -2.33. The Bertz CT molecular complexity index is 409. The van der Waals surface area contributed by atoms with Crippen LogP contribution in [0.2, 0.25) is 0 Å². The Morgan fingerprint density at radius 1 is 1.32 bits per heavy atom. The van der Waals surface area contributed by atoms with Gasteiger partial charge in [0.2, 0.25) is 0 Å². The minimum absolute atomic E-state index is 0.117. The molecule has 0 radical (unpaired) electrons. The van der Waals surface area contributed by atoms with E-state index in [1.165, 1.54) is 12.8 Å². The Morgan fingerprint density at radius 3 is 2.53 bits per heavy atom. The molecule has 0 aromatic heterocycles. The van der Waals surface area contributed by atoms with Gasteiger partial charge in [-0.2, -0.15) is 0 Å². The largest absolute Gasteiger partial charge is 0.326 e. The van der Waals surface area contributed by atoms with Gasteiger partial charge in [0.15, 0.2) is 0 Å². The maximum atomic E-state index is 13.9. The van der Waals surface area contributed by atoms with Gasteiger partial charge >= 0.3 is 0 Å². The average Bonchev–Trinajstić information content (AvgIpc) is 2.41. The van der Waals surface area contributed by atoms with E-state index in [1.54, 1.807) is 6.07 Å². The molecule has 3 heteroatoms. The SMILES string of the molecule is CC(C)C1CCN(Cc2ccc(CN)cc2F)CC1. The summed E-state index contributed by atoms with van der Waals surface area (Å²) in [5.74, 6) is 1.48. The fraction of sp³-hybridized carbons (Fsp3) is 0.625. The van der Waals surface area contributed by atoms with Crippen LogP contribution in [0.4, 0.5) is 4.39 Å². The van der Waals surface area contributed by atoms with Crippen LogP contribution < -0.4 is 5.73 Å². The monoisotopic (exact) mass is 264 g/mol. The Morgan fingerprint density at radius 2 is 2.00 bits per heavy atom. The quantitative estimate of drug-likeness (QED) is 0.905. The Labute approximate surface area is 115 Å². The third-order valence-corrected chi connectivity index (χ3v) is 4.32. The fourth-order valence-electron chi connectivity index (χ4n) is 2.86. The lowest BCUT2D eigenvalue weighted by atomic mass is 9.86. The van der Waals surface area contributed by atoms with Crippen LogP contribution in [-0.4, -0.2) is 18.0 Å². The van der Waals surface area contributed by atoms with Gasteiger partial charge in [-0.05, 0) is 49.4 Å². The molecule has 1 aliphatic rings. The second-order valence-electron chi connectivity index (χ2n) is 5.99. The van der Waals surface area contributed by atoms with E-state index >= 15 is 0 Å². The number of benzene rings is 1. The molecule has 1 aliphatic heterocycles. The van der Waals surface area contributed by atoms with Gasteiger partial charge in [-0.25, -0.2) is 4.39 Å². The summed E-state index contributed by atoms with van der Waals surface area (Å²) < 4.78 is 13.9. The van der Waals surface area contributed by atoms with Crippen LogP contribution in [0, 0.1) is 17.7 Å². The molecule has 0 spiro atoms. The number of nitrogens with two attached hydrogens (primary N) is 1. The van der Waals surface area contributed by atoms with E-state index in [9.17, 15) is 4.39 Å². The van der Waals surface area contributed by atoms with Crippen LogP contribution in [0.5, 0.6) is 0 Å². The van der Waals surface area contributed by atoms with Crippen LogP contribution in [-0.2, 0) is 13.1 Å². The number of halogens is 1. The van der Waals surface area contributed by atoms with Crippen molar-refractivity contribution >= 4 is 0 Å². The molecule has 2 rings (SSSR count). The van der Waals surface area contributed by atoms with E-state index in [0.717, 1.165) is 42.6 Å². The summed E-state index contributed by atoms with van der Waals surface area (Å²) in [5, 5.41) is 0. The summed E-state index contributed by atoms with van der Waals surface area (Å²) in [6, 6.07) is 5.38. The molecular weight excluding hydrogens is 239 g/mol.